The summed E-state index contributed by atoms with van der Waals surface area (Å²) in [5.74, 6) is -0.0185. The van der Waals surface area contributed by atoms with Crippen LogP contribution in [0.25, 0.3) is 0 Å². The number of rotatable bonds is 5. The van der Waals surface area contributed by atoms with Crippen LogP contribution < -0.4 is 0 Å². The van der Waals surface area contributed by atoms with Crippen molar-refractivity contribution in [3.05, 3.63) is 0 Å². The lowest BCUT2D eigenvalue weighted by atomic mass is 9.82. The first kappa shape index (κ1) is 13.0. The summed E-state index contributed by atoms with van der Waals surface area (Å²) in [5.41, 5.74) is -0.800. The lowest BCUT2D eigenvalue weighted by molar-refractivity contribution is -0.139. The fraction of sp³-hybridized carbons (Fsp3) is 0.818. The number of nitriles is 1. The molecular formula is C11H20N2O. The summed E-state index contributed by atoms with van der Waals surface area (Å²) in [5, 5.41) is 9.09. The molecule has 3 nitrogen and oxygen atoms in total. The minimum Gasteiger partial charge on any atom is -0.342 e. The van der Waals surface area contributed by atoms with Crippen molar-refractivity contribution < 1.29 is 4.79 Å². The number of carbonyl (C=O) groups is 1. The standard InChI is InChI=1S/C11H20N2O/c1-5-11(6-2,9-12)10(14)13(7-3)8-4/h5-8H2,1-4H3. The molecule has 80 valence electrons. The minimum absolute atomic E-state index is 0.0185. The molecule has 1 amide bonds. The Morgan fingerprint density at radius 3 is 1.86 bits per heavy atom. The molecule has 0 aliphatic rings. The molecule has 0 aromatic carbocycles. The monoisotopic (exact) mass is 196 g/mol. The maximum absolute atomic E-state index is 12.0. The SMILES string of the molecule is CCN(CC)C(=O)C(C#N)(CC)CC. The number of hydrogen-bond acceptors (Lipinski definition) is 2. The van der Waals surface area contributed by atoms with Gasteiger partial charge < -0.3 is 4.90 Å². The van der Waals surface area contributed by atoms with E-state index in [4.69, 9.17) is 5.26 Å². The molecule has 0 rings (SSSR count). The molecule has 0 bridgehead atoms. The summed E-state index contributed by atoms with van der Waals surface area (Å²) < 4.78 is 0. The van der Waals surface area contributed by atoms with Crippen molar-refractivity contribution in [3.8, 4) is 6.07 Å². The Hall–Kier alpha value is -1.04. The Morgan fingerprint density at radius 2 is 1.64 bits per heavy atom. The highest BCUT2D eigenvalue weighted by Crippen LogP contribution is 2.27. The summed E-state index contributed by atoms with van der Waals surface area (Å²) in [6, 6.07) is 2.17. The van der Waals surface area contributed by atoms with Crippen molar-refractivity contribution in [2.45, 2.75) is 40.5 Å². The van der Waals surface area contributed by atoms with Gasteiger partial charge in [0.05, 0.1) is 6.07 Å². The number of amides is 1. The second-order valence-electron chi connectivity index (χ2n) is 3.38. The first-order chi connectivity index (χ1) is 6.61. The maximum Gasteiger partial charge on any atom is 0.243 e. The number of hydrogen-bond donors (Lipinski definition) is 0. The quantitative estimate of drug-likeness (QED) is 0.676. The number of carbonyl (C=O) groups excluding carboxylic acids is 1. The minimum atomic E-state index is -0.800. The van der Waals surface area contributed by atoms with Gasteiger partial charge >= 0.3 is 0 Å². The molecule has 0 aromatic rings. The molecule has 3 heteroatoms. The van der Waals surface area contributed by atoms with Gasteiger partial charge in [0, 0.05) is 13.1 Å². The topological polar surface area (TPSA) is 44.1 Å². The molecule has 0 atom stereocenters. The molecule has 0 heterocycles. The van der Waals surface area contributed by atoms with Gasteiger partial charge in [-0.1, -0.05) is 13.8 Å². The van der Waals surface area contributed by atoms with E-state index in [0.717, 1.165) is 0 Å². The zero-order valence-electron chi connectivity index (χ0n) is 9.63. The molecular weight excluding hydrogens is 176 g/mol. The van der Waals surface area contributed by atoms with E-state index in [1.54, 1.807) is 4.90 Å². The van der Waals surface area contributed by atoms with E-state index >= 15 is 0 Å². The highest BCUT2D eigenvalue weighted by atomic mass is 16.2. The van der Waals surface area contributed by atoms with E-state index < -0.39 is 5.41 Å². The predicted molar refractivity (Wildman–Crippen MR) is 56.6 cm³/mol. The second-order valence-corrected chi connectivity index (χ2v) is 3.38. The van der Waals surface area contributed by atoms with E-state index in [1.165, 1.54) is 0 Å². The van der Waals surface area contributed by atoms with Crippen molar-refractivity contribution in [3.63, 3.8) is 0 Å². The Balaban J connectivity index is 4.86. The van der Waals surface area contributed by atoms with Gasteiger partial charge in [-0.3, -0.25) is 4.79 Å². The van der Waals surface area contributed by atoms with Gasteiger partial charge in [-0.2, -0.15) is 5.26 Å². The molecule has 0 aromatic heterocycles. The molecule has 0 N–H and O–H groups in total. The first-order valence-electron chi connectivity index (χ1n) is 5.32. The van der Waals surface area contributed by atoms with Gasteiger partial charge in [0.25, 0.3) is 0 Å². The summed E-state index contributed by atoms with van der Waals surface area (Å²) >= 11 is 0. The summed E-state index contributed by atoms with van der Waals surface area (Å²) in [4.78, 5) is 13.8. The van der Waals surface area contributed by atoms with Crippen molar-refractivity contribution in [1.29, 1.82) is 5.26 Å². The first-order valence-corrected chi connectivity index (χ1v) is 5.32. The van der Waals surface area contributed by atoms with Crippen LogP contribution >= 0.6 is 0 Å². The zero-order valence-corrected chi connectivity index (χ0v) is 9.63. The van der Waals surface area contributed by atoms with Gasteiger partial charge in [0.1, 0.15) is 5.41 Å². The Kier molecular flexibility index (Phi) is 5.22. The van der Waals surface area contributed by atoms with Gasteiger partial charge in [0.2, 0.25) is 5.91 Å². The fourth-order valence-electron chi connectivity index (χ4n) is 1.57. The van der Waals surface area contributed by atoms with Gasteiger partial charge in [0.15, 0.2) is 0 Å². The molecule has 0 spiro atoms. The van der Waals surface area contributed by atoms with Crippen LogP contribution in [-0.2, 0) is 4.79 Å². The molecule has 0 radical (unpaired) electrons. The second kappa shape index (κ2) is 5.64. The van der Waals surface area contributed by atoms with Gasteiger partial charge in [-0.15, -0.1) is 0 Å². The molecule has 0 aliphatic carbocycles. The van der Waals surface area contributed by atoms with E-state index in [9.17, 15) is 4.79 Å². The van der Waals surface area contributed by atoms with Crippen LogP contribution in [0.3, 0.4) is 0 Å². The summed E-state index contributed by atoms with van der Waals surface area (Å²) in [7, 11) is 0. The van der Waals surface area contributed by atoms with E-state index in [2.05, 4.69) is 6.07 Å². The number of nitrogens with zero attached hydrogens (tertiary/aromatic N) is 2. The van der Waals surface area contributed by atoms with Crippen molar-refractivity contribution >= 4 is 5.91 Å². The average Bonchev–Trinajstić information content (AvgIpc) is 2.23. The van der Waals surface area contributed by atoms with Crippen LogP contribution in [0.4, 0.5) is 0 Å². The fourth-order valence-corrected chi connectivity index (χ4v) is 1.57. The third-order valence-electron chi connectivity index (χ3n) is 2.88. The van der Waals surface area contributed by atoms with Crippen molar-refractivity contribution in [2.75, 3.05) is 13.1 Å². The maximum atomic E-state index is 12.0. The van der Waals surface area contributed by atoms with Crippen LogP contribution in [-0.4, -0.2) is 23.9 Å². The van der Waals surface area contributed by atoms with Crippen molar-refractivity contribution in [1.82, 2.24) is 4.90 Å². The zero-order chi connectivity index (χ0) is 11.2. The Morgan fingerprint density at radius 1 is 1.21 bits per heavy atom. The van der Waals surface area contributed by atoms with Crippen LogP contribution in [0.2, 0.25) is 0 Å². The van der Waals surface area contributed by atoms with Crippen LogP contribution in [0.15, 0.2) is 0 Å². The van der Waals surface area contributed by atoms with Gasteiger partial charge in [-0.05, 0) is 26.7 Å². The van der Waals surface area contributed by atoms with Crippen LogP contribution in [0.5, 0.6) is 0 Å². The summed E-state index contributed by atoms with van der Waals surface area (Å²) in [6.07, 6.45) is 1.19. The smallest absolute Gasteiger partial charge is 0.243 e. The molecule has 14 heavy (non-hydrogen) atoms. The molecule has 0 saturated carbocycles. The van der Waals surface area contributed by atoms with Crippen LogP contribution in [0.1, 0.15) is 40.5 Å². The Bertz CT molecular complexity index is 222. The lowest BCUT2D eigenvalue weighted by Crippen LogP contribution is -2.42. The lowest BCUT2D eigenvalue weighted by Gasteiger charge is -2.29. The highest BCUT2D eigenvalue weighted by Gasteiger charge is 2.37. The normalized spacial score (nSPS) is 10.8. The highest BCUT2D eigenvalue weighted by molar-refractivity contribution is 5.85. The molecule has 0 fully saturated rings. The summed E-state index contributed by atoms with van der Waals surface area (Å²) in [6.45, 7) is 9.03. The Labute approximate surface area is 86.7 Å². The molecule has 0 saturated heterocycles. The predicted octanol–water partition coefficient (Wildman–Crippen LogP) is 2.18. The molecule has 0 unspecified atom stereocenters. The largest absolute Gasteiger partial charge is 0.342 e. The van der Waals surface area contributed by atoms with Crippen molar-refractivity contribution in [2.24, 2.45) is 5.41 Å². The van der Waals surface area contributed by atoms with E-state index in [0.29, 0.717) is 25.9 Å². The third kappa shape index (κ3) is 2.25. The average molecular weight is 196 g/mol. The van der Waals surface area contributed by atoms with E-state index in [-0.39, 0.29) is 5.91 Å². The van der Waals surface area contributed by atoms with Gasteiger partial charge in [-0.25, -0.2) is 0 Å². The van der Waals surface area contributed by atoms with E-state index in [1.807, 2.05) is 27.7 Å². The third-order valence-corrected chi connectivity index (χ3v) is 2.88. The van der Waals surface area contributed by atoms with Crippen LogP contribution in [0, 0.1) is 16.7 Å². The molecule has 0 aliphatic heterocycles.